The number of rotatable bonds is 4. The number of Topliss-reactive ketones (excluding diaryl/α,β-unsaturated/α-hetero) is 1. The molecule has 1 atom stereocenters. The molecule has 0 bridgehead atoms. The second-order valence-corrected chi connectivity index (χ2v) is 9.61. The van der Waals surface area contributed by atoms with Crippen molar-refractivity contribution >= 4 is 44.1 Å². The zero-order valence-corrected chi connectivity index (χ0v) is 19.6. The molecule has 1 N–H and O–H groups in total. The summed E-state index contributed by atoms with van der Waals surface area (Å²) < 4.78 is 27.8. The Morgan fingerprint density at radius 3 is 2.29 bits per heavy atom. The van der Waals surface area contributed by atoms with Crippen LogP contribution in [0.1, 0.15) is 42.5 Å². The third-order valence-electron chi connectivity index (χ3n) is 6.03. The van der Waals surface area contributed by atoms with E-state index in [1.54, 1.807) is 0 Å². The van der Waals surface area contributed by atoms with Crippen molar-refractivity contribution in [1.82, 2.24) is 4.98 Å². The third-order valence-corrected chi connectivity index (χ3v) is 7.04. The maximum absolute atomic E-state index is 13.8. The number of thiazole rings is 1. The number of carbonyl (C=O) groups excluding carboxylic acids is 2. The number of aliphatic hydroxyl groups is 1. The summed E-state index contributed by atoms with van der Waals surface area (Å²) in [7, 11) is 0. The van der Waals surface area contributed by atoms with E-state index in [2.05, 4.69) is 18.8 Å². The smallest absolute Gasteiger partial charge is 0.301 e. The summed E-state index contributed by atoms with van der Waals surface area (Å²) >= 11 is 1.08. The number of benzene rings is 3. The minimum absolute atomic E-state index is 0.121. The van der Waals surface area contributed by atoms with E-state index in [-0.39, 0.29) is 22.2 Å². The minimum Gasteiger partial charge on any atom is -0.507 e. The largest absolute Gasteiger partial charge is 0.507 e. The van der Waals surface area contributed by atoms with Crippen LogP contribution in [0, 0.1) is 11.6 Å². The number of aliphatic hydroxyl groups excluding tert-OH is 1. The maximum atomic E-state index is 13.8. The fraction of sp³-hybridized carbons (Fsp3) is 0.148. The van der Waals surface area contributed by atoms with E-state index in [1.165, 1.54) is 47.4 Å². The highest BCUT2D eigenvalue weighted by Crippen LogP contribution is 2.44. The summed E-state index contributed by atoms with van der Waals surface area (Å²) in [5, 5.41) is 11.3. The van der Waals surface area contributed by atoms with Crippen LogP contribution in [-0.2, 0) is 9.59 Å². The SMILES string of the molecule is CC(C)c1ccc(C2/C(=C(\O)c3ccc(F)cc3)C(=O)C(=O)N2c2nc3ccc(F)cc3s2)cc1. The van der Waals surface area contributed by atoms with Crippen molar-refractivity contribution in [3.8, 4) is 0 Å². The Morgan fingerprint density at radius 1 is 0.971 bits per heavy atom. The van der Waals surface area contributed by atoms with Gasteiger partial charge in [-0.3, -0.25) is 14.5 Å². The minimum atomic E-state index is -0.966. The average Bonchev–Trinajstić information content (AvgIpc) is 3.37. The molecule has 1 saturated heterocycles. The van der Waals surface area contributed by atoms with Gasteiger partial charge in [-0.15, -0.1) is 0 Å². The summed E-state index contributed by atoms with van der Waals surface area (Å²) in [5.41, 5.74) is 2.24. The zero-order valence-electron chi connectivity index (χ0n) is 18.8. The Morgan fingerprint density at radius 2 is 1.63 bits per heavy atom. The normalized spacial score (nSPS) is 17.6. The summed E-state index contributed by atoms with van der Waals surface area (Å²) in [6.45, 7) is 4.10. The van der Waals surface area contributed by atoms with Gasteiger partial charge in [-0.1, -0.05) is 49.4 Å². The molecule has 0 radical (unpaired) electrons. The van der Waals surface area contributed by atoms with Gasteiger partial charge >= 0.3 is 5.91 Å². The Balaban J connectivity index is 1.71. The number of ketones is 1. The van der Waals surface area contributed by atoms with E-state index in [9.17, 15) is 23.5 Å². The van der Waals surface area contributed by atoms with Crippen LogP contribution in [0.25, 0.3) is 16.0 Å². The molecule has 0 aliphatic carbocycles. The number of hydrogen-bond donors (Lipinski definition) is 1. The van der Waals surface area contributed by atoms with Gasteiger partial charge < -0.3 is 5.11 Å². The quantitative estimate of drug-likeness (QED) is 0.206. The van der Waals surface area contributed by atoms with Gasteiger partial charge in [-0.25, -0.2) is 13.8 Å². The molecule has 0 spiro atoms. The van der Waals surface area contributed by atoms with Gasteiger partial charge in [0.2, 0.25) is 0 Å². The van der Waals surface area contributed by atoms with Crippen molar-refractivity contribution in [3.05, 3.63) is 101 Å². The number of halogens is 2. The van der Waals surface area contributed by atoms with Crippen LogP contribution in [0.2, 0.25) is 0 Å². The molecule has 1 aliphatic heterocycles. The van der Waals surface area contributed by atoms with E-state index in [4.69, 9.17) is 0 Å². The topological polar surface area (TPSA) is 70.5 Å². The number of carbonyl (C=O) groups is 2. The number of aromatic nitrogens is 1. The molecule has 0 saturated carbocycles. The molecule has 5 rings (SSSR count). The fourth-order valence-corrected chi connectivity index (χ4v) is 5.18. The Labute approximate surface area is 204 Å². The second kappa shape index (κ2) is 8.70. The van der Waals surface area contributed by atoms with Crippen LogP contribution in [0.3, 0.4) is 0 Å². The Bertz CT molecular complexity index is 1490. The van der Waals surface area contributed by atoms with E-state index in [1.807, 2.05) is 24.3 Å². The maximum Gasteiger partial charge on any atom is 0.301 e. The zero-order chi connectivity index (χ0) is 24.9. The molecular formula is C27H20F2N2O3S. The first-order valence-corrected chi connectivity index (χ1v) is 11.8. The lowest BCUT2D eigenvalue weighted by Crippen LogP contribution is -2.29. The van der Waals surface area contributed by atoms with Gasteiger partial charge in [-0.05, 0) is 59.5 Å². The predicted molar refractivity (Wildman–Crippen MR) is 131 cm³/mol. The second-order valence-electron chi connectivity index (χ2n) is 8.61. The van der Waals surface area contributed by atoms with Crippen molar-refractivity contribution in [2.24, 2.45) is 0 Å². The third kappa shape index (κ3) is 4.00. The number of nitrogens with zero attached hydrogens (tertiary/aromatic N) is 2. The summed E-state index contributed by atoms with van der Waals surface area (Å²) in [6.07, 6.45) is 0. The van der Waals surface area contributed by atoms with Gasteiger partial charge in [0.05, 0.1) is 21.8 Å². The van der Waals surface area contributed by atoms with E-state index in [0.29, 0.717) is 15.8 Å². The summed E-state index contributed by atoms with van der Waals surface area (Å²) in [6, 6.07) is 15.6. The molecule has 5 nitrogen and oxygen atoms in total. The Kier molecular flexibility index (Phi) is 5.68. The number of amides is 1. The van der Waals surface area contributed by atoms with Crippen LogP contribution >= 0.6 is 11.3 Å². The molecule has 2 heterocycles. The molecule has 4 aromatic rings. The van der Waals surface area contributed by atoms with E-state index < -0.39 is 35.1 Å². The van der Waals surface area contributed by atoms with Gasteiger partial charge in [0.15, 0.2) is 5.13 Å². The van der Waals surface area contributed by atoms with Crippen molar-refractivity contribution in [2.45, 2.75) is 25.8 Å². The summed E-state index contributed by atoms with van der Waals surface area (Å²) in [5.74, 6) is -2.80. The highest BCUT2D eigenvalue weighted by Gasteiger charge is 2.48. The van der Waals surface area contributed by atoms with Crippen LogP contribution in [0.5, 0.6) is 0 Å². The Hall–Kier alpha value is -3.91. The fourth-order valence-electron chi connectivity index (χ4n) is 4.16. The number of anilines is 1. The molecule has 1 fully saturated rings. The van der Waals surface area contributed by atoms with Crippen LogP contribution in [0.15, 0.2) is 72.3 Å². The molecule has 1 amide bonds. The van der Waals surface area contributed by atoms with Gasteiger partial charge in [-0.2, -0.15) is 0 Å². The highest BCUT2D eigenvalue weighted by atomic mass is 32.1. The van der Waals surface area contributed by atoms with Gasteiger partial charge in [0.1, 0.15) is 17.4 Å². The predicted octanol–water partition coefficient (Wildman–Crippen LogP) is 6.32. The van der Waals surface area contributed by atoms with E-state index in [0.717, 1.165) is 16.9 Å². The molecule has 1 aromatic heterocycles. The van der Waals surface area contributed by atoms with Crippen molar-refractivity contribution < 1.29 is 23.5 Å². The number of hydrogen-bond acceptors (Lipinski definition) is 5. The molecule has 1 unspecified atom stereocenters. The van der Waals surface area contributed by atoms with Crippen molar-refractivity contribution in [3.63, 3.8) is 0 Å². The van der Waals surface area contributed by atoms with Crippen molar-refractivity contribution in [2.75, 3.05) is 4.90 Å². The van der Waals surface area contributed by atoms with E-state index >= 15 is 0 Å². The molecular weight excluding hydrogens is 470 g/mol. The van der Waals surface area contributed by atoms with Crippen molar-refractivity contribution in [1.29, 1.82) is 0 Å². The van der Waals surface area contributed by atoms with Crippen LogP contribution in [0.4, 0.5) is 13.9 Å². The molecule has 35 heavy (non-hydrogen) atoms. The standard InChI is InChI=1S/C27H20F2N2O3S/c1-14(2)15-3-5-16(6-4-15)23-22(24(32)17-7-9-18(28)10-8-17)25(33)26(34)31(23)27-30-20-12-11-19(29)13-21(20)35-27/h3-14,23,32H,1-2H3/b24-22+. The molecule has 1 aliphatic rings. The lowest BCUT2D eigenvalue weighted by molar-refractivity contribution is -0.132. The highest BCUT2D eigenvalue weighted by molar-refractivity contribution is 7.22. The van der Waals surface area contributed by atoms with Crippen LogP contribution < -0.4 is 4.90 Å². The number of fused-ring (bicyclic) bond motifs is 1. The molecule has 3 aromatic carbocycles. The first-order valence-electron chi connectivity index (χ1n) is 11.0. The first-order chi connectivity index (χ1) is 16.7. The lowest BCUT2D eigenvalue weighted by atomic mass is 9.93. The van der Waals surface area contributed by atoms with Gasteiger partial charge in [0.25, 0.3) is 5.78 Å². The average molecular weight is 491 g/mol. The monoisotopic (exact) mass is 490 g/mol. The first kappa shape index (κ1) is 22.9. The molecule has 8 heteroatoms. The lowest BCUT2D eigenvalue weighted by Gasteiger charge is -2.23. The van der Waals surface area contributed by atoms with Gasteiger partial charge in [0, 0.05) is 5.56 Å². The summed E-state index contributed by atoms with van der Waals surface area (Å²) in [4.78, 5) is 32.2. The molecule has 176 valence electrons. The van der Waals surface area contributed by atoms with Crippen LogP contribution in [-0.4, -0.2) is 21.8 Å².